The van der Waals surface area contributed by atoms with Crippen LogP contribution in [-0.2, 0) is 19.1 Å². The number of aliphatic hydroxyl groups excluding tert-OH is 2. The largest absolute Gasteiger partial charge is 0.458 e. The first-order valence-electron chi connectivity index (χ1n) is 11.2. The van der Waals surface area contributed by atoms with E-state index >= 15 is 0 Å². The Morgan fingerprint density at radius 2 is 2.13 bits per heavy atom. The van der Waals surface area contributed by atoms with E-state index in [-0.39, 0.29) is 29.8 Å². The molecule has 2 aliphatic carbocycles. The van der Waals surface area contributed by atoms with Crippen LogP contribution in [0, 0.1) is 22.7 Å². The Morgan fingerprint density at radius 3 is 2.71 bits per heavy atom. The van der Waals surface area contributed by atoms with Crippen LogP contribution in [0.3, 0.4) is 0 Å². The van der Waals surface area contributed by atoms with Crippen LogP contribution in [0.5, 0.6) is 0 Å². The van der Waals surface area contributed by atoms with Gasteiger partial charge in [-0.2, -0.15) is 0 Å². The maximum Gasteiger partial charge on any atom is 0.333 e. The fourth-order valence-corrected chi connectivity index (χ4v) is 6.27. The van der Waals surface area contributed by atoms with E-state index in [9.17, 15) is 19.8 Å². The molecule has 3 aliphatic rings. The van der Waals surface area contributed by atoms with Crippen LogP contribution in [0.2, 0.25) is 0 Å². The Hall–Kier alpha value is -1.92. The Morgan fingerprint density at radius 1 is 1.42 bits per heavy atom. The molecule has 0 aromatic carbocycles. The van der Waals surface area contributed by atoms with Crippen molar-refractivity contribution in [2.45, 2.75) is 72.0 Å². The Bertz CT molecular complexity index is 811. The van der Waals surface area contributed by atoms with Gasteiger partial charge in [-0.1, -0.05) is 32.1 Å². The molecule has 0 unspecified atom stereocenters. The van der Waals surface area contributed by atoms with Gasteiger partial charge in [0.1, 0.15) is 12.7 Å². The zero-order chi connectivity index (χ0) is 23.0. The molecule has 6 nitrogen and oxygen atoms in total. The lowest BCUT2D eigenvalue weighted by Crippen LogP contribution is -2.63. The fourth-order valence-electron chi connectivity index (χ4n) is 6.27. The van der Waals surface area contributed by atoms with E-state index in [1.165, 1.54) is 0 Å². The first kappa shape index (κ1) is 23.7. The number of cyclic esters (lactones) is 1. The molecule has 0 amide bonds. The Labute approximate surface area is 185 Å². The highest BCUT2D eigenvalue weighted by Crippen LogP contribution is 2.62. The first-order chi connectivity index (χ1) is 14.6. The summed E-state index contributed by atoms with van der Waals surface area (Å²) in [5.41, 5.74) is 1.56. The van der Waals surface area contributed by atoms with Crippen molar-refractivity contribution >= 4 is 11.9 Å². The van der Waals surface area contributed by atoms with E-state index in [4.69, 9.17) is 9.47 Å². The maximum atomic E-state index is 12.5. The molecule has 31 heavy (non-hydrogen) atoms. The standard InChI is InChI=1S/C25H36O6/c1-6-15(2)23(29)31-22-19(27)12-24(4)18(9-8-17-11-21(28)30-13-17)16(3)7-10-20(24)25(22,5)14-26/h6,11,18-20,22,26-27H,3,7-10,12-14H2,1-2,4-5H3/b15-6-/t18-,19+,20+,22-,24+,25-/m1/s1. The molecule has 6 heteroatoms. The van der Waals surface area contributed by atoms with Crippen LogP contribution in [0.25, 0.3) is 0 Å². The molecule has 2 N–H and O–H groups in total. The van der Waals surface area contributed by atoms with Crippen molar-refractivity contribution in [3.05, 3.63) is 35.5 Å². The highest BCUT2D eigenvalue weighted by molar-refractivity contribution is 5.87. The second-order valence-electron chi connectivity index (χ2n) is 9.99. The Kier molecular flexibility index (Phi) is 6.82. The van der Waals surface area contributed by atoms with E-state index < -0.39 is 23.6 Å². The van der Waals surface area contributed by atoms with E-state index in [1.54, 1.807) is 26.0 Å². The van der Waals surface area contributed by atoms with Crippen LogP contribution in [-0.4, -0.2) is 47.6 Å². The molecule has 0 aromatic heterocycles. The normalized spacial score (nSPS) is 38.4. The molecular weight excluding hydrogens is 396 g/mol. The summed E-state index contributed by atoms with van der Waals surface area (Å²) in [6.45, 7) is 12.1. The van der Waals surface area contributed by atoms with E-state index in [0.29, 0.717) is 18.6 Å². The molecule has 0 radical (unpaired) electrons. The minimum Gasteiger partial charge on any atom is -0.458 e. The van der Waals surface area contributed by atoms with Gasteiger partial charge in [-0.15, -0.1) is 0 Å². The first-order valence-corrected chi connectivity index (χ1v) is 11.2. The number of esters is 2. The number of hydrogen-bond donors (Lipinski definition) is 2. The van der Waals surface area contributed by atoms with Gasteiger partial charge in [0.15, 0.2) is 0 Å². The number of carbonyl (C=O) groups excluding carboxylic acids is 2. The van der Waals surface area contributed by atoms with Crippen molar-refractivity contribution in [2.24, 2.45) is 22.7 Å². The summed E-state index contributed by atoms with van der Waals surface area (Å²) in [6, 6.07) is 0. The van der Waals surface area contributed by atoms with E-state index in [0.717, 1.165) is 36.8 Å². The number of allylic oxidation sites excluding steroid dienone is 2. The molecule has 0 aromatic rings. The molecule has 2 fully saturated rings. The lowest BCUT2D eigenvalue weighted by Gasteiger charge is -2.61. The maximum absolute atomic E-state index is 12.5. The van der Waals surface area contributed by atoms with Gasteiger partial charge < -0.3 is 19.7 Å². The summed E-state index contributed by atoms with van der Waals surface area (Å²) in [5, 5.41) is 21.6. The average Bonchev–Trinajstić information content (AvgIpc) is 3.14. The molecule has 0 bridgehead atoms. The third-order valence-electron chi connectivity index (χ3n) is 8.09. The third-order valence-corrected chi connectivity index (χ3v) is 8.09. The second kappa shape index (κ2) is 8.91. The molecule has 172 valence electrons. The minimum absolute atomic E-state index is 0.0584. The van der Waals surface area contributed by atoms with Crippen LogP contribution >= 0.6 is 0 Å². The van der Waals surface area contributed by atoms with Crippen LogP contribution in [0.4, 0.5) is 0 Å². The van der Waals surface area contributed by atoms with Gasteiger partial charge in [-0.05, 0) is 68.8 Å². The average molecular weight is 433 g/mol. The van der Waals surface area contributed by atoms with Crippen LogP contribution in [0.1, 0.15) is 59.8 Å². The quantitative estimate of drug-likeness (QED) is 0.379. The van der Waals surface area contributed by atoms with Crippen LogP contribution in [0.15, 0.2) is 35.5 Å². The van der Waals surface area contributed by atoms with Crippen molar-refractivity contribution in [3.63, 3.8) is 0 Å². The lowest BCUT2D eigenvalue weighted by molar-refractivity contribution is -0.216. The van der Waals surface area contributed by atoms with Gasteiger partial charge in [0.25, 0.3) is 0 Å². The number of rotatable bonds is 6. The summed E-state index contributed by atoms with van der Waals surface area (Å²) >= 11 is 0. The summed E-state index contributed by atoms with van der Waals surface area (Å²) in [4.78, 5) is 23.9. The number of ether oxygens (including phenoxy) is 2. The number of hydrogen-bond acceptors (Lipinski definition) is 6. The highest BCUT2D eigenvalue weighted by atomic mass is 16.6. The molecule has 2 saturated carbocycles. The molecule has 1 aliphatic heterocycles. The molecule has 1 heterocycles. The smallest absolute Gasteiger partial charge is 0.333 e. The van der Waals surface area contributed by atoms with Crippen molar-refractivity contribution in [1.82, 2.24) is 0 Å². The monoisotopic (exact) mass is 432 g/mol. The SMILES string of the molecule is C=C1CC[C@H]2[C@@](C)(C[C@H](O)[C@@H](OC(=O)/C(C)=C\C)[C@]2(C)CO)[C@@H]1CCC1=CC(=O)OC1. The van der Waals surface area contributed by atoms with Gasteiger partial charge >= 0.3 is 11.9 Å². The number of carbonyl (C=O) groups is 2. The van der Waals surface area contributed by atoms with Gasteiger partial charge in [0.05, 0.1) is 12.7 Å². The predicted molar refractivity (Wildman–Crippen MR) is 117 cm³/mol. The van der Waals surface area contributed by atoms with Crippen molar-refractivity contribution in [1.29, 1.82) is 0 Å². The van der Waals surface area contributed by atoms with Gasteiger partial charge in [0, 0.05) is 17.1 Å². The summed E-state index contributed by atoms with van der Waals surface area (Å²) < 4.78 is 10.8. The molecule has 0 spiro atoms. The summed E-state index contributed by atoms with van der Waals surface area (Å²) in [7, 11) is 0. The van der Waals surface area contributed by atoms with Crippen molar-refractivity contribution in [2.75, 3.05) is 13.2 Å². The number of aliphatic hydroxyl groups is 2. The summed E-state index contributed by atoms with van der Waals surface area (Å²) in [6.07, 6.45) is 5.29. The van der Waals surface area contributed by atoms with Crippen LogP contribution < -0.4 is 0 Å². The van der Waals surface area contributed by atoms with Crippen molar-refractivity contribution in [3.8, 4) is 0 Å². The third kappa shape index (κ3) is 4.24. The van der Waals surface area contributed by atoms with E-state index in [1.807, 2.05) is 6.92 Å². The highest BCUT2D eigenvalue weighted by Gasteiger charge is 2.61. The predicted octanol–water partition coefficient (Wildman–Crippen LogP) is 3.48. The lowest BCUT2D eigenvalue weighted by atomic mass is 9.45. The molecule has 6 atom stereocenters. The fraction of sp³-hybridized carbons (Fsp3) is 0.680. The topological polar surface area (TPSA) is 93.1 Å². The second-order valence-corrected chi connectivity index (χ2v) is 9.99. The van der Waals surface area contributed by atoms with Crippen molar-refractivity contribution < 1.29 is 29.3 Å². The number of fused-ring (bicyclic) bond motifs is 1. The van der Waals surface area contributed by atoms with E-state index in [2.05, 4.69) is 13.5 Å². The zero-order valence-electron chi connectivity index (χ0n) is 19.1. The Balaban J connectivity index is 1.88. The van der Waals surface area contributed by atoms with Gasteiger partial charge in [-0.25, -0.2) is 9.59 Å². The molecule has 3 rings (SSSR count). The van der Waals surface area contributed by atoms with Gasteiger partial charge in [-0.3, -0.25) is 0 Å². The molecule has 0 saturated heterocycles. The zero-order valence-corrected chi connectivity index (χ0v) is 19.1. The van der Waals surface area contributed by atoms with Gasteiger partial charge in [0.2, 0.25) is 0 Å². The minimum atomic E-state index is -0.879. The molecular formula is C25H36O6. The summed E-state index contributed by atoms with van der Waals surface area (Å²) in [5.74, 6) is -0.548.